The number of furan rings is 1. The van der Waals surface area contributed by atoms with Gasteiger partial charge in [-0.2, -0.15) is 0 Å². The average molecular weight is 912 g/mol. The van der Waals surface area contributed by atoms with E-state index < -0.39 is 0 Å². The third-order valence-electron chi connectivity index (χ3n) is 13.0. The molecule has 0 saturated carbocycles. The van der Waals surface area contributed by atoms with Gasteiger partial charge in [0, 0.05) is 49.9 Å². The van der Waals surface area contributed by atoms with E-state index in [1.54, 1.807) is 0 Å². The molecule has 71 heavy (non-hydrogen) atoms. The topological polar surface area (TPSA) is 77.6 Å². The molecule has 0 aliphatic carbocycles. The Hall–Kier alpha value is -9.39. The molecule has 12 aromatic rings. The summed E-state index contributed by atoms with van der Waals surface area (Å²) in [4.78, 5) is 26.7. The zero-order valence-corrected chi connectivity index (χ0v) is 39.2. The highest BCUT2D eigenvalue weighted by Crippen LogP contribution is 2.42. The molecule has 0 aliphatic rings. The van der Waals surface area contributed by atoms with Crippen molar-refractivity contribution in [1.82, 2.24) is 24.9 Å². The third kappa shape index (κ3) is 8.49. The van der Waals surface area contributed by atoms with Crippen LogP contribution in [0.2, 0.25) is 0 Å². The standard InChI is InChI=1S/C65H45N5O/c1-3-18-55-42(2)63-61(54-27-16-17-28-60(54)71-63)62(66-55)53-38-51(58-40-56(67-64(69-58)49-23-12-6-13-24-49)47-33-29-45(30-34-47)43-19-8-4-9-20-43)37-52(39-53)59-41-57(68-65(70-59)50-25-14-7-15-26-50)48-35-31-46(32-36-48)44-21-10-5-11-22-44/h3-41H,1-2H3/b18-3-. The number of nitrogens with zero attached hydrogens (tertiary/aromatic N) is 5. The van der Waals surface area contributed by atoms with Gasteiger partial charge in [0.15, 0.2) is 11.6 Å². The van der Waals surface area contributed by atoms with Crippen molar-refractivity contribution >= 4 is 28.0 Å². The van der Waals surface area contributed by atoms with Crippen LogP contribution in [-0.2, 0) is 0 Å². The van der Waals surface area contributed by atoms with Gasteiger partial charge in [-0.05, 0) is 78.6 Å². The van der Waals surface area contributed by atoms with Gasteiger partial charge in [0.1, 0.15) is 11.2 Å². The Morgan fingerprint density at radius 3 is 1.20 bits per heavy atom. The molecule has 0 fully saturated rings. The molecule has 0 spiro atoms. The van der Waals surface area contributed by atoms with Crippen LogP contribution in [0.5, 0.6) is 0 Å². The fourth-order valence-electron chi connectivity index (χ4n) is 9.36. The van der Waals surface area contributed by atoms with Gasteiger partial charge >= 0.3 is 0 Å². The van der Waals surface area contributed by atoms with Crippen LogP contribution < -0.4 is 0 Å². The van der Waals surface area contributed by atoms with Gasteiger partial charge < -0.3 is 4.42 Å². The van der Waals surface area contributed by atoms with Crippen molar-refractivity contribution in [3.8, 4) is 101 Å². The molecule has 6 heteroatoms. The Morgan fingerprint density at radius 1 is 0.352 bits per heavy atom. The molecule has 6 nitrogen and oxygen atoms in total. The highest BCUT2D eigenvalue weighted by molar-refractivity contribution is 6.13. The first-order chi connectivity index (χ1) is 35.0. The summed E-state index contributed by atoms with van der Waals surface area (Å²) < 4.78 is 6.68. The minimum atomic E-state index is 0.624. The van der Waals surface area contributed by atoms with Crippen LogP contribution in [0.4, 0.5) is 0 Å². The Bertz CT molecular complexity index is 3720. The lowest BCUT2D eigenvalue weighted by molar-refractivity contribution is 0.665. The van der Waals surface area contributed by atoms with Crippen LogP contribution >= 0.6 is 0 Å². The van der Waals surface area contributed by atoms with Crippen LogP contribution in [0, 0.1) is 6.92 Å². The molecule has 0 amide bonds. The van der Waals surface area contributed by atoms with Crippen LogP contribution in [0.15, 0.2) is 235 Å². The van der Waals surface area contributed by atoms with Crippen molar-refractivity contribution in [2.75, 3.05) is 0 Å². The number of aromatic nitrogens is 5. The lowest BCUT2D eigenvalue weighted by atomic mass is 9.95. The summed E-state index contributed by atoms with van der Waals surface area (Å²) in [6.45, 7) is 4.10. The number of hydrogen-bond donors (Lipinski definition) is 0. The fourth-order valence-corrected chi connectivity index (χ4v) is 9.36. The predicted octanol–water partition coefficient (Wildman–Crippen LogP) is 16.9. The number of hydrogen-bond acceptors (Lipinski definition) is 6. The quantitative estimate of drug-likeness (QED) is 0.136. The van der Waals surface area contributed by atoms with Gasteiger partial charge in [0.25, 0.3) is 0 Å². The summed E-state index contributed by atoms with van der Waals surface area (Å²) in [5, 5.41) is 1.95. The Kier molecular flexibility index (Phi) is 11.2. The van der Waals surface area contributed by atoms with E-state index >= 15 is 0 Å². The molecule has 8 aromatic carbocycles. The zero-order chi connectivity index (χ0) is 47.7. The van der Waals surface area contributed by atoms with Crippen molar-refractivity contribution in [3.63, 3.8) is 0 Å². The summed E-state index contributed by atoms with van der Waals surface area (Å²) in [7, 11) is 0. The minimum absolute atomic E-state index is 0.624. The molecule has 0 bridgehead atoms. The molecule has 0 saturated heterocycles. The maximum absolute atomic E-state index is 6.68. The first-order valence-corrected chi connectivity index (χ1v) is 23.8. The zero-order valence-electron chi connectivity index (χ0n) is 39.2. The minimum Gasteiger partial charge on any atom is -0.456 e. The van der Waals surface area contributed by atoms with E-state index in [-0.39, 0.29) is 0 Å². The van der Waals surface area contributed by atoms with Crippen LogP contribution in [0.3, 0.4) is 0 Å². The van der Waals surface area contributed by atoms with Gasteiger partial charge in [-0.15, -0.1) is 0 Å². The van der Waals surface area contributed by atoms with E-state index in [2.05, 4.69) is 171 Å². The molecule has 4 heterocycles. The van der Waals surface area contributed by atoms with Crippen molar-refractivity contribution in [2.24, 2.45) is 0 Å². The molecular formula is C65H45N5O. The van der Waals surface area contributed by atoms with E-state index in [1.165, 1.54) is 0 Å². The van der Waals surface area contributed by atoms with E-state index in [4.69, 9.17) is 29.3 Å². The number of para-hydroxylation sites is 1. The summed E-state index contributed by atoms with van der Waals surface area (Å²) in [5.74, 6) is 1.25. The summed E-state index contributed by atoms with van der Waals surface area (Å²) in [5.41, 5.74) is 18.4. The second kappa shape index (κ2) is 18.6. The van der Waals surface area contributed by atoms with Gasteiger partial charge in [0.2, 0.25) is 0 Å². The van der Waals surface area contributed by atoms with Crippen LogP contribution in [0.1, 0.15) is 18.2 Å². The van der Waals surface area contributed by atoms with Gasteiger partial charge in [-0.3, -0.25) is 0 Å². The maximum atomic E-state index is 6.68. The molecule has 336 valence electrons. The molecule has 0 radical (unpaired) electrons. The van der Waals surface area contributed by atoms with Crippen LogP contribution in [-0.4, -0.2) is 24.9 Å². The van der Waals surface area contributed by atoms with E-state index in [1.807, 2.05) is 79.7 Å². The summed E-state index contributed by atoms with van der Waals surface area (Å²) >= 11 is 0. The van der Waals surface area contributed by atoms with Gasteiger partial charge in [0.05, 0.1) is 39.5 Å². The van der Waals surface area contributed by atoms with Crippen molar-refractivity contribution in [1.29, 1.82) is 0 Å². The Labute approximate surface area is 412 Å². The molecule has 0 unspecified atom stereocenters. The summed E-state index contributed by atoms with van der Waals surface area (Å²) in [6, 6.07) is 77.4. The predicted molar refractivity (Wildman–Crippen MR) is 291 cm³/mol. The Balaban J connectivity index is 1.11. The number of fused-ring (bicyclic) bond motifs is 3. The smallest absolute Gasteiger partial charge is 0.160 e. The molecule has 0 atom stereocenters. The molecular weight excluding hydrogens is 867 g/mol. The van der Waals surface area contributed by atoms with E-state index in [0.29, 0.717) is 11.6 Å². The lowest BCUT2D eigenvalue weighted by Gasteiger charge is -2.15. The number of pyridine rings is 1. The molecule has 12 rings (SSSR count). The fraction of sp³-hybridized carbons (Fsp3) is 0.0308. The average Bonchev–Trinajstić information content (AvgIpc) is 3.85. The van der Waals surface area contributed by atoms with Crippen molar-refractivity contribution in [2.45, 2.75) is 13.8 Å². The second-order valence-electron chi connectivity index (χ2n) is 17.6. The molecule has 4 aromatic heterocycles. The third-order valence-corrected chi connectivity index (χ3v) is 13.0. The molecule has 0 N–H and O–H groups in total. The normalized spacial score (nSPS) is 11.5. The lowest BCUT2D eigenvalue weighted by Crippen LogP contribution is -1.99. The highest BCUT2D eigenvalue weighted by Gasteiger charge is 2.22. The number of benzene rings is 8. The van der Waals surface area contributed by atoms with Gasteiger partial charge in [-0.1, -0.05) is 194 Å². The summed E-state index contributed by atoms with van der Waals surface area (Å²) in [6.07, 6.45) is 4.07. The second-order valence-corrected chi connectivity index (χ2v) is 17.6. The van der Waals surface area contributed by atoms with Crippen molar-refractivity contribution < 1.29 is 4.42 Å². The van der Waals surface area contributed by atoms with Gasteiger partial charge in [-0.25, -0.2) is 24.9 Å². The largest absolute Gasteiger partial charge is 0.456 e. The SMILES string of the molecule is C/C=C\c1nc(-c2cc(-c3cc(-c4ccc(-c5ccccc5)cc4)nc(-c4ccccc4)n3)cc(-c3cc(-c4ccc(-c5ccccc5)cc4)nc(-c4ccccc4)n3)c2)c2c(oc3ccccc32)c1C. The van der Waals surface area contributed by atoms with Crippen LogP contribution in [0.25, 0.3) is 129 Å². The first kappa shape index (κ1) is 42.9. The maximum Gasteiger partial charge on any atom is 0.160 e. The highest BCUT2D eigenvalue weighted by atomic mass is 16.3. The number of aryl methyl sites for hydroxylation is 1. The first-order valence-electron chi connectivity index (χ1n) is 23.8. The van der Waals surface area contributed by atoms with Crippen molar-refractivity contribution in [3.05, 3.63) is 242 Å². The number of allylic oxidation sites excluding steroid dienone is 1. The van der Waals surface area contributed by atoms with E-state index in [9.17, 15) is 0 Å². The monoisotopic (exact) mass is 911 g/mol. The Morgan fingerprint density at radius 2 is 0.732 bits per heavy atom. The number of rotatable bonds is 10. The molecule has 0 aliphatic heterocycles. The van der Waals surface area contributed by atoms with E-state index in [0.717, 1.165) is 123 Å².